The Labute approximate surface area is 56.6 Å². The molecule has 0 saturated heterocycles. The lowest BCUT2D eigenvalue weighted by atomic mass is 9.93. The van der Waals surface area contributed by atoms with Gasteiger partial charge in [-0.2, -0.15) is 0 Å². The van der Waals surface area contributed by atoms with Crippen LogP contribution in [-0.4, -0.2) is 6.54 Å². The molecular formula is C8H15N. The highest BCUT2D eigenvalue weighted by Gasteiger charge is 2.50. The first kappa shape index (κ1) is 5.72. The molecule has 1 nitrogen and oxygen atoms in total. The maximum Gasteiger partial charge on any atom is -0.00436 e. The normalized spacial score (nSPS) is 37.7. The van der Waals surface area contributed by atoms with Crippen molar-refractivity contribution in [3.05, 3.63) is 0 Å². The van der Waals surface area contributed by atoms with Crippen LogP contribution in [0.5, 0.6) is 0 Å². The van der Waals surface area contributed by atoms with Gasteiger partial charge in [-0.3, -0.25) is 0 Å². The Bertz CT molecular complexity index is 116. The predicted octanol–water partition coefficient (Wildman–Crippen LogP) is 1.53. The lowest BCUT2D eigenvalue weighted by Gasteiger charge is -2.14. The van der Waals surface area contributed by atoms with Gasteiger partial charge >= 0.3 is 0 Å². The van der Waals surface area contributed by atoms with Crippen LogP contribution in [0.25, 0.3) is 0 Å². The number of rotatable bonds is 1. The summed E-state index contributed by atoms with van der Waals surface area (Å²) < 4.78 is 0. The van der Waals surface area contributed by atoms with Gasteiger partial charge in [0.25, 0.3) is 0 Å². The van der Waals surface area contributed by atoms with E-state index in [0.29, 0.717) is 0 Å². The van der Waals surface area contributed by atoms with Crippen molar-refractivity contribution in [3.8, 4) is 0 Å². The van der Waals surface area contributed by atoms with Gasteiger partial charge in [0, 0.05) is 0 Å². The minimum Gasteiger partial charge on any atom is -0.330 e. The zero-order valence-corrected chi connectivity index (χ0v) is 5.90. The minimum atomic E-state index is 0.786. The molecule has 2 aliphatic carbocycles. The molecule has 0 unspecified atom stereocenters. The highest BCUT2D eigenvalue weighted by atomic mass is 14.6. The van der Waals surface area contributed by atoms with E-state index in [-0.39, 0.29) is 0 Å². The number of nitrogens with two attached hydrogens (primary N) is 1. The monoisotopic (exact) mass is 125 g/mol. The van der Waals surface area contributed by atoms with Crippen molar-refractivity contribution in [2.75, 3.05) is 6.54 Å². The largest absolute Gasteiger partial charge is 0.330 e. The van der Waals surface area contributed by atoms with E-state index in [2.05, 4.69) is 0 Å². The Balaban J connectivity index is 2.05. The first-order valence-corrected chi connectivity index (χ1v) is 4.07. The molecule has 1 heteroatoms. The van der Waals surface area contributed by atoms with Crippen LogP contribution in [0.4, 0.5) is 0 Å². The van der Waals surface area contributed by atoms with Gasteiger partial charge in [0.2, 0.25) is 0 Å². The highest BCUT2D eigenvalue weighted by Crippen LogP contribution is 2.60. The molecular weight excluding hydrogens is 110 g/mol. The average molecular weight is 125 g/mol. The molecule has 1 spiro atoms. The van der Waals surface area contributed by atoms with Gasteiger partial charge in [0.05, 0.1) is 0 Å². The second kappa shape index (κ2) is 1.72. The standard InChI is InChI=1S/C8H15N/c9-6-7-2-1-3-8(7)4-5-8/h7H,1-6,9H2/t7-/m0/s1. The second-order valence-corrected chi connectivity index (χ2v) is 3.69. The van der Waals surface area contributed by atoms with Gasteiger partial charge < -0.3 is 5.73 Å². The van der Waals surface area contributed by atoms with Crippen LogP contribution in [-0.2, 0) is 0 Å². The third-order valence-corrected chi connectivity index (χ3v) is 3.27. The first-order chi connectivity index (χ1) is 4.37. The molecule has 9 heavy (non-hydrogen) atoms. The van der Waals surface area contributed by atoms with Crippen LogP contribution in [0.1, 0.15) is 32.1 Å². The van der Waals surface area contributed by atoms with E-state index >= 15 is 0 Å². The van der Waals surface area contributed by atoms with Crippen LogP contribution in [0.3, 0.4) is 0 Å². The zero-order valence-electron chi connectivity index (χ0n) is 5.90. The minimum absolute atomic E-state index is 0.786. The summed E-state index contributed by atoms with van der Waals surface area (Å²) in [4.78, 5) is 0. The van der Waals surface area contributed by atoms with Gasteiger partial charge in [0.1, 0.15) is 0 Å². The van der Waals surface area contributed by atoms with Crippen LogP contribution in [0, 0.1) is 11.3 Å². The molecule has 2 saturated carbocycles. The Hall–Kier alpha value is -0.0400. The Kier molecular flexibility index (Phi) is 1.10. The summed E-state index contributed by atoms with van der Waals surface area (Å²) in [7, 11) is 0. The fraction of sp³-hybridized carbons (Fsp3) is 1.00. The summed E-state index contributed by atoms with van der Waals surface area (Å²) in [5.41, 5.74) is 6.44. The average Bonchev–Trinajstić information content (AvgIpc) is 2.45. The summed E-state index contributed by atoms with van der Waals surface area (Å²) in [6.07, 6.45) is 7.30. The molecule has 0 aromatic carbocycles. The van der Waals surface area contributed by atoms with Gasteiger partial charge in [-0.15, -0.1) is 0 Å². The van der Waals surface area contributed by atoms with E-state index in [9.17, 15) is 0 Å². The van der Waals surface area contributed by atoms with E-state index < -0.39 is 0 Å². The molecule has 0 radical (unpaired) electrons. The molecule has 52 valence electrons. The second-order valence-electron chi connectivity index (χ2n) is 3.69. The quantitative estimate of drug-likeness (QED) is 0.565. The third-order valence-electron chi connectivity index (χ3n) is 3.27. The van der Waals surface area contributed by atoms with Crippen molar-refractivity contribution >= 4 is 0 Å². The predicted molar refractivity (Wildman–Crippen MR) is 38.1 cm³/mol. The van der Waals surface area contributed by atoms with Crippen molar-refractivity contribution in [1.82, 2.24) is 0 Å². The fourth-order valence-corrected chi connectivity index (χ4v) is 2.40. The van der Waals surface area contributed by atoms with Gasteiger partial charge in [-0.05, 0) is 43.6 Å². The van der Waals surface area contributed by atoms with Crippen LogP contribution in [0.2, 0.25) is 0 Å². The maximum absolute atomic E-state index is 5.65. The van der Waals surface area contributed by atoms with Crippen molar-refractivity contribution in [3.63, 3.8) is 0 Å². The highest BCUT2D eigenvalue weighted by molar-refractivity contribution is 5.02. The smallest absolute Gasteiger partial charge is 0.00436 e. The SMILES string of the molecule is NC[C@@H]1CCCC12CC2. The molecule has 0 heterocycles. The van der Waals surface area contributed by atoms with Gasteiger partial charge in [0.15, 0.2) is 0 Å². The number of hydrogen-bond donors (Lipinski definition) is 1. The summed E-state index contributed by atoms with van der Waals surface area (Å²) >= 11 is 0. The van der Waals surface area contributed by atoms with Crippen molar-refractivity contribution in [2.45, 2.75) is 32.1 Å². The Morgan fingerprint density at radius 1 is 1.33 bits per heavy atom. The molecule has 0 amide bonds. The summed E-state index contributed by atoms with van der Waals surface area (Å²) in [5, 5.41) is 0. The molecule has 2 aliphatic rings. The molecule has 1 atom stereocenters. The Morgan fingerprint density at radius 2 is 2.11 bits per heavy atom. The lowest BCUT2D eigenvalue weighted by molar-refractivity contribution is 0.374. The molecule has 2 fully saturated rings. The van der Waals surface area contributed by atoms with E-state index in [1.165, 1.54) is 32.1 Å². The topological polar surface area (TPSA) is 26.0 Å². The zero-order chi connectivity index (χ0) is 6.32. The van der Waals surface area contributed by atoms with Gasteiger partial charge in [-0.1, -0.05) is 6.42 Å². The lowest BCUT2D eigenvalue weighted by Crippen LogP contribution is -2.18. The van der Waals surface area contributed by atoms with E-state index in [1.54, 1.807) is 0 Å². The van der Waals surface area contributed by atoms with Crippen molar-refractivity contribution < 1.29 is 0 Å². The van der Waals surface area contributed by atoms with Crippen LogP contribution in [0.15, 0.2) is 0 Å². The van der Waals surface area contributed by atoms with Crippen molar-refractivity contribution in [2.24, 2.45) is 17.1 Å². The molecule has 0 bridgehead atoms. The van der Waals surface area contributed by atoms with Crippen LogP contribution < -0.4 is 5.73 Å². The molecule has 0 aromatic rings. The van der Waals surface area contributed by atoms with Gasteiger partial charge in [-0.25, -0.2) is 0 Å². The summed E-state index contributed by atoms with van der Waals surface area (Å²) in [6, 6.07) is 0. The van der Waals surface area contributed by atoms with E-state index in [4.69, 9.17) is 5.73 Å². The molecule has 2 rings (SSSR count). The van der Waals surface area contributed by atoms with Crippen LogP contribution >= 0.6 is 0 Å². The van der Waals surface area contributed by atoms with E-state index in [1.807, 2.05) is 0 Å². The van der Waals surface area contributed by atoms with Crippen molar-refractivity contribution in [1.29, 1.82) is 0 Å². The molecule has 0 aromatic heterocycles. The fourth-order valence-electron chi connectivity index (χ4n) is 2.40. The summed E-state index contributed by atoms with van der Waals surface area (Å²) in [6.45, 7) is 0.944. The third kappa shape index (κ3) is 0.710. The summed E-state index contributed by atoms with van der Waals surface area (Å²) in [5.74, 6) is 0.900. The Morgan fingerprint density at radius 3 is 2.56 bits per heavy atom. The maximum atomic E-state index is 5.65. The first-order valence-electron chi connectivity index (χ1n) is 4.07. The molecule has 2 N–H and O–H groups in total. The van der Waals surface area contributed by atoms with E-state index in [0.717, 1.165) is 17.9 Å². The molecule has 0 aliphatic heterocycles. The number of hydrogen-bond acceptors (Lipinski definition) is 1.